The molecule has 0 radical (unpaired) electrons. The van der Waals surface area contributed by atoms with Gasteiger partial charge in [0.2, 0.25) is 0 Å². The lowest BCUT2D eigenvalue weighted by Crippen LogP contribution is -2.15. The molecule has 1 aliphatic rings. The number of carbonyl (C=O) groups is 1. The van der Waals surface area contributed by atoms with Gasteiger partial charge < -0.3 is 4.74 Å². The molecule has 1 saturated heterocycles. The Labute approximate surface area is 95.9 Å². The third kappa shape index (κ3) is 2.32. The minimum Gasteiger partial charge on any atom is -0.465 e. The maximum atomic E-state index is 11.5. The van der Waals surface area contributed by atoms with E-state index in [0.717, 1.165) is 6.42 Å². The van der Waals surface area contributed by atoms with Crippen molar-refractivity contribution in [3.8, 4) is 0 Å². The highest BCUT2D eigenvalue weighted by Gasteiger charge is 2.34. The molecular formula is C14H16O2. The molecule has 0 amide bonds. The van der Waals surface area contributed by atoms with Crippen LogP contribution in [0.3, 0.4) is 0 Å². The maximum absolute atomic E-state index is 11.5. The van der Waals surface area contributed by atoms with Crippen LogP contribution in [-0.2, 0) is 16.0 Å². The first-order valence-electron chi connectivity index (χ1n) is 5.64. The molecule has 16 heavy (non-hydrogen) atoms. The van der Waals surface area contributed by atoms with Crippen LogP contribution in [0.2, 0.25) is 0 Å². The zero-order chi connectivity index (χ0) is 11.4. The lowest BCUT2D eigenvalue weighted by molar-refractivity contribution is -0.140. The third-order valence-electron chi connectivity index (χ3n) is 2.96. The van der Waals surface area contributed by atoms with Gasteiger partial charge in [0.05, 0.1) is 12.5 Å². The van der Waals surface area contributed by atoms with Crippen LogP contribution in [0.4, 0.5) is 0 Å². The van der Waals surface area contributed by atoms with Crippen LogP contribution < -0.4 is 0 Å². The minimum absolute atomic E-state index is 0.0646. The number of rotatable bonds is 3. The van der Waals surface area contributed by atoms with Crippen LogP contribution in [0.25, 0.3) is 0 Å². The zero-order valence-electron chi connectivity index (χ0n) is 9.43. The molecule has 0 aliphatic carbocycles. The van der Waals surface area contributed by atoms with Gasteiger partial charge in [-0.1, -0.05) is 42.5 Å². The van der Waals surface area contributed by atoms with E-state index >= 15 is 0 Å². The second-order valence-electron chi connectivity index (χ2n) is 4.13. The molecule has 1 heterocycles. The monoisotopic (exact) mass is 216 g/mol. The summed E-state index contributed by atoms with van der Waals surface area (Å²) in [6.45, 7) is 2.48. The largest absolute Gasteiger partial charge is 0.465 e. The van der Waals surface area contributed by atoms with E-state index in [9.17, 15) is 4.79 Å². The highest BCUT2D eigenvalue weighted by atomic mass is 16.5. The maximum Gasteiger partial charge on any atom is 0.313 e. The van der Waals surface area contributed by atoms with Gasteiger partial charge in [0, 0.05) is 5.92 Å². The van der Waals surface area contributed by atoms with Crippen molar-refractivity contribution < 1.29 is 9.53 Å². The van der Waals surface area contributed by atoms with Gasteiger partial charge in [-0.05, 0) is 18.9 Å². The second kappa shape index (κ2) is 4.97. The van der Waals surface area contributed by atoms with Crippen LogP contribution in [0.5, 0.6) is 0 Å². The smallest absolute Gasteiger partial charge is 0.313 e. The molecular weight excluding hydrogens is 200 g/mol. The van der Waals surface area contributed by atoms with Crippen LogP contribution in [0.15, 0.2) is 42.5 Å². The first-order chi connectivity index (χ1) is 7.81. The summed E-state index contributed by atoms with van der Waals surface area (Å²) in [5, 5.41) is 0. The SMILES string of the molecule is C/C=C/[C@@H]1C(=O)OC[C@@H]1Cc1ccccc1. The molecule has 84 valence electrons. The lowest BCUT2D eigenvalue weighted by atomic mass is 9.89. The van der Waals surface area contributed by atoms with Gasteiger partial charge in [-0.25, -0.2) is 0 Å². The number of allylic oxidation sites excluding steroid dienone is 1. The van der Waals surface area contributed by atoms with Gasteiger partial charge in [-0.2, -0.15) is 0 Å². The molecule has 1 aliphatic heterocycles. The predicted octanol–water partition coefficient (Wildman–Crippen LogP) is 2.59. The molecule has 1 aromatic carbocycles. The number of cyclic esters (lactones) is 1. The summed E-state index contributed by atoms with van der Waals surface area (Å²) in [5.41, 5.74) is 1.26. The molecule has 0 spiro atoms. The lowest BCUT2D eigenvalue weighted by Gasteiger charge is -2.11. The first kappa shape index (κ1) is 10.9. The Morgan fingerprint density at radius 1 is 1.38 bits per heavy atom. The van der Waals surface area contributed by atoms with Crippen molar-refractivity contribution in [2.45, 2.75) is 13.3 Å². The molecule has 0 unspecified atom stereocenters. The molecule has 2 atom stereocenters. The van der Waals surface area contributed by atoms with Crippen molar-refractivity contribution in [2.24, 2.45) is 11.8 Å². The van der Waals surface area contributed by atoms with Gasteiger partial charge in [0.25, 0.3) is 0 Å². The number of hydrogen-bond donors (Lipinski definition) is 0. The fourth-order valence-electron chi connectivity index (χ4n) is 2.13. The third-order valence-corrected chi connectivity index (χ3v) is 2.96. The number of benzene rings is 1. The summed E-state index contributed by atoms with van der Waals surface area (Å²) in [5.74, 6) is 0.135. The molecule has 0 N–H and O–H groups in total. The standard InChI is InChI=1S/C14H16O2/c1-2-6-13-12(10-16-14(13)15)9-11-7-4-3-5-8-11/h2-8,12-13H,9-10H2,1H3/b6-2+/t12-,13-/m0/s1. The summed E-state index contributed by atoms with van der Waals surface area (Å²) in [6.07, 6.45) is 4.78. The topological polar surface area (TPSA) is 26.3 Å². The quantitative estimate of drug-likeness (QED) is 0.573. The molecule has 2 rings (SSSR count). The molecule has 2 heteroatoms. The average Bonchev–Trinajstić information content (AvgIpc) is 2.64. The average molecular weight is 216 g/mol. The number of ether oxygens (including phenoxy) is 1. The summed E-state index contributed by atoms with van der Waals surface area (Å²) in [7, 11) is 0. The van der Waals surface area contributed by atoms with Gasteiger partial charge in [0.15, 0.2) is 0 Å². The Morgan fingerprint density at radius 2 is 2.12 bits per heavy atom. The summed E-state index contributed by atoms with van der Waals surface area (Å²) in [4.78, 5) is 11.5. The van der Waals surface area contributed by atoms with Crippen molar-refractivity contribution >= 4 is 5.97 Å². The van der Waals surface area contributed by atoms with Crippen molar-refractivity contribution in [3.63, 3.8) is 0 Å². The van der Waals surface area contributed by atoms with Gasteiger partial charge >= 0.3 is 5.97 Å². The van der Waals surface area contributed by atoms with E-state index in [1.807, 2.05) is 37.3 Å². The fraction of sp³-hybridized carbons (Fsp3) is 0.357. The Hall–Kier alpha value is -1.57. The number of carbonyl (C=O) groups excluding carboxylic acids is 1. The fourth-order valence-corrected chi connectivity index (χ4v) is 2.13. The Balaban J connectivity index is 2.07. The van der Waals surface area contributed by atoms with Crippen LogP contribution in [-0.4, -0.2) is 12.6 Å². The van der Waals surface area contributed by atoms with Crippen LogP contribution in [0.1, 0.15) is 12.5 Å². The summed E-state index contributed by atoms with van der Waals surface area (Å²) in [6, 6.07) is 10.2. The molecule has 0 saturated carbocycles. The molecule has 1 aromatic rings. The normalized spacial score (nSPS) is 24.9. The summed E-state index contributed by atoms with van der Waals surface area (Å²) >= 11 is 0. The zero-order valence-corrected chi connectivity index (χ0v) is 9.43. The number of esters is 1. The van der Waals surface area contributed by atoms with E-state index in [2.05, 4.69) is 12.1 Å². The van der Waals surface area contributed by atoms with Gasteiger partial charge in [-0.3, -0.25) is 4.79 Å². The number of hydrogen-bond acceptors (Lipinski definition) is 2. The highest BCUT2D eigenvalue weighted by Crippen LogP contribution is 2.26. The van der Waals surface area contributed by atoms with E-state index in [1.165, 1.54) is 5.56 Å². The molecule has 2 nitrogen and oxygen atoms in total. The van der Waals surface area contributed by atoms with Gasteiger partial charge in [0.1, 0.15) is 0 Å². The van der Waals surface area contributed by atoms with E-state index in [1.54, 1.807) is 0 Å². The Kier molecular flexibility index (Phi) is 3.40. The van der Waals surface area contributed by atoms with Crippen LogP contribution >= 0.6 is 0 Å². The van der Waals surface area contributed by atoms with E-state index in [-0.39, 0.29) is 17.8 Å². The van der Waals surface area contributed by atoms with Crippen LogP contribution in [0, 0.1) is 11.8 Å². The van der Waals surface area contributed by atoms with Gasteiger partial charge in [-0.15, -0.1) is 0 Å². The first-order valence-corrected chi connectivity index (χ1v) is 5.64. The van der Waals surface area contributed by atoms with E-state index in [0.29, 0.717) is 6.61 Å². The molecule has 1 fully saturated rings. The van der Waals surface area contributed by atoms with Crippen molar-refractivity contribution in [2.75, 3.05) is 6.61 Å². The molecule has 0 aromatic heterocycles. The Bertz CT molecular complexity index is 381. The predicted molar refractivity (Wildman–Crippen MR) is 62.9 cm³/mol. The Morgan fingerprint density at radius 3 is 2.81 bits per heavy atom. The van der Waals surface area contributed by atoms with Crippen molar-refractivity contribution in [3.05, 3.63) is 48.0 Å². The van der Waals surface area contributed by atoms with Crippen molar-refractivity contribution in [1.29, 1.82) is 0 Å². The highest BCUT2D eigenvalue weighted by molar-refractivity contribution is 5.76. The minimum atomic E-state index is -0.0842. The van der Waals surface area contributed by atoms with Crippen molar-refractivity contribution in [1.82, 2.24) is 0 Å². The van der Waals surface area contributed by atoms with E-state index < -0.39 is 0 Å². The molecule has 0 bridgehead atoms. The van der Waals surface area contributed by atoms with E-state index in [4.69, 9.17) is 4.74 Å². The summed E-state index contributed by atoms with van der Waals surface area (Å²) < 4.78 is 5.11. The second-order valence-corrected chi connectivity index (χ2v) is 4.13.